The molecule has 7 heteroatoms. The Morgan fingerprint density at radius 2 is 2.20 bits per heavy atom. The van der Waals surface area contributed by atoms with Gasteiger partial charge in [-0.1, -0.05) is 26.0 Å². The Bertz CT molecular complexity index is 595. The number of hydrogen-bond acceptors (Lipinski definition) is 5. The Morgan fingerprint density at radius 3 is 2.80 bits per heavy atom. The summed E-state index contributed by atoms with van der Waals surface area (Å²) in [5.41, 5.74) is 0.565. The van der Waals surface area contributed by atoms with Crippen LogP contribution in [0, 0.1) is 0 Å². The van der Waals surface area contributed by atoms with E-state index < -0.39 is 5.97 Å². The van der Waals surface area contributed by atoms with Gasteiger partial charge in [0.05, 0.1) is 18.3 Å². The summed E-state index contributed by atoms with van der Waals surface area (Å²) in [5, 5.41) is 16.5. The second-order valence-corrected chi connectivity index (χ2v) is 5.67. The summed E-state index contributed by atoms with van der Waals surface area (Å²) >= 11 is 0. The van der Waals surface area contributed by atoms with E-state index >= 15 is 0 Å². The second kappa shape index (κ2) is 5.44. The molecule has 0 aliphatic carbocycles. The van der Waals surface area contributed by atoms with Crippen molar-refractivity contribution in [2.24, 2.45) is 0 Å². The average Bonchev–Trinajstić information content (AvgIpc) is 2.95. The minimum atomic E-state index is -0.845. The molecule has 0 saturated heterocycles. The maximum absolute atomic E-state index is 10.5. The fourth-order valence-electron chi connectivity index (χ4n) is 1.63. The van der Waals surface area contributed by atoms with Gasteiger partial charge in [-0.2, -0.15) is 0 Å². The SMILES string of the molecule is CC(C)(C)c1cnc(Cn2cc(CCC(=O)O)nn2)o1. The molecule has 0 fully saturated rings. The lowest BCUT2D eigenvalue weighted by atomic mass is 9.94. The summed E-state index contributed by atoms with van der Waals surface area (Å²) in [7, 11) is 0. The van der Waals surface area contributed by atoms with Crippen molar-refractivity contribution in [2.75, 3.05) is 0 Å². The zero-order valence-electron chi connectivity index (χ0n) is 11.8. The summed E-state index contributed by atoms with van der Waals surface area (Å²) in [4.78, 5) is 14.7. The molecule has 108 valence electrons. The van der Waals surface area contributed by atoms with Crippen LogP contribution in [0.4, 0.5) is 0 Å². The van der Waals surface area contributed by atoms with Crippen LogP contribution in [0.15, 0.2) is 16.8 Å². The van der Waals surface area contributed by atoms with E-state index in [1.165, 1.54) is 0 Å². The highest BCUT2D eigenvalue weighted by atomic mass is 16.4. The third-order valence-electron chi connectivity index (χ3n) is 2.77. The second-order valence-electron chi connectivity index (χ2n) is 5.67. The molecule has 0 unspecified atom stereocenters. The van der Waals surface area contributed by atoms with Crippen LogP contribution in [0.1, 0.15) is 44.5 Å². The summed E-state index contributed by atoms with van der Waals surface area (Å²) in [5.74, 6) is 0.533. The Hall–Kier alpha value is -2.18. The van der Waals surface area contributed by atoms with E-state index in [9.17, 15) is 4.79 Å². The molecular weight excluding hydrogens is 260 g/mol. The van der Waals surface area contributed by atoms with Crippen LogP contribution in [-0.4, -0.2) is 31.1 Å². The van der Waals surface area contributed by atoms with Gasteiger partial charge in [-0.05, 0) is 0 Å². The molecule has 0 saturated carbocycles. The molecule has 2 aromatic rings. The Balaban J connectivity index is 2.00. The van der Waals surface area contributed by atoms with E-state index in [1.807, 2.05) is 0 Å². The van der Waals surface area contributed by atoms with Crippen LogP contribution >= 0.6 is 0 Å². The van der Waals surface area contributed by atoms with E-state index in [4.69, 9.17) is 9.52 Å². The largest absolute Gasteiger partial charge is 0.481 e. The van der Waals surface area contributed by atoms with Crippen LogP contribution in [0.5, 0.6) is 0 Å². The van der Waals surface area contributed by atoms with E-state index in [2.05, 4.69) is 36.1 Å². The molecule has 1 N–H and O–H groups in total. The molecule has 7 nitrogen and oxygen atoms in total. The number of aliphatic carboxylic acids is 1. The first-order chi connectivity index (χ1) is 9.34. The first-order valence-electron chi connectivity index (χ1n) is 6.40. The van der Waals surface area contributed by atoms with Crippen molar-refractivity contribution in [3.05, 3.63) is 29.7 Å². The predicted octanol–water partition coefficient (Wildman–Crippen LogP) is 1.63. The summed E-state index contributed by atoms with van der Waals surface area (Å²) in [6.07, 6.45) is 3.85. The van der Waals surface area contributed by atoms with Gasteiger partial charge in [-0.3, -0.25) is 4.79 Å². The van der Waals surface area contributed by atoms with Gasteiger partial charge in [0.1, 0.15) is 12.3 Å². The molecular formula is C13H18N4O3. The van der Waals surface area contributed by atoms with Crippen LogP contribution in [-0.2, 0) is 23.2 Å². The number of oxazole rings is 1. The fourth-order valence-corrected chi connectivity index (χ4v) is 1.63. The minimum absolute atomic E-state index is 0.0475. The molecule has 0 aromatic carbocycles. The van der Waals surface area contributed by atoms with Crippen LogP contribution in [0.25, 0.3) is 0 Å². The summed E-state index contributed by atoms with van der Waals surface area (Å²) in [6, 6.07) is 0. The summed E-state index contributed by atoms with van der Waals surface area (Å²) in [6.45, 7) is 6.54. The molecule has 0 aliphatic rings. The molecule has 0 bridgehead atoms. The number of carbonyl (C=O) groups is 1. The number of aryl methyl sites for hydroxylation is 1. The lowest BCUT2D eigenvalue weighted by Gasteiger charge is -2.12. The Morgan fingerprint density at radius 1 is 1.45 bits per heavy atom. The number of carboxylic acid groups (broad SMARTS) is 1. The maximum atomic E-state index is 10.5. The van der Waals surface area contributed by atoms with E-state index in [0.717, 1.165) is 5.76 Å². The van der Waals surface area contributed by atoms with Crippen molar-refractivity contribution in [1.82, 2.24) is 20.0 Å². The molecule has 0 atom stereocenters. The molecule has 2 heterocycles. The van der Waals surface area contributed by atoms with Crippen LogP contribution in [0.3, 0.4) is 0 Å². The first-order valence-corrected chi connectivity index (χ1v) is 6.40. The Labute approximate surface area is 116 Å². The van der Waals surface area contributed by atoms with Crippen molar-refractivity contribution in [3.8, 4) is 0 Å². The van der Waals surface area contributed by atoms with Crippen LogP contribution < -0.4 is 0 Å². The standard InChI is InChI=1S/C13H18N4O3/c1-13(2,3)10-6-14-11(20-10)8-17-7-9(15-16-17)4-5-12(18)19/h6-7H,4-5,8H2,1-3H3,(H,18,19). The van der Waals surface area contributed by atoms with Gasteiger partial charge in [0.25, 0.3) is 0 Å². The average molecular weight is 278 g/mol. The van der Waals surface area contributed by atoms with Gasteiger partial charge in [0.15, 0.2) is 0 Å². The molecule has 0 spiro atoms. The number of hydrogen-bond donors (Lipinski definition) is 1. The highest BCUT2D eigenvalue weighted by molar-refractivity contribution is 5.66. The number of rotatable bonds is 5. The predicted molar refractivity (Wildman–Crippen MR) is 70.3 cm³/mol. The number of carboxylic acids is 1. The third kappa shape index (κ3) is 3.66. The number of aromatic nitrogens is 4. The quantitative estimate of drug-likeness (QED) is 0.893. The maximum Gasteiger partial charge on any atom is 0.303 e. The van der Waals surface area contributed by atoms with Crippen molar-refractivity contribution in [2.45, 2.75) is 45.6 Å². The first kappa shape index (κ1) is 14.2. The van der Waals surface area contributed by atoms with Gasteiger partial charge in [0.2, 0.25) is 5.89 Å². The smallest absolute Gasteiger partial charge is 0.303 e. The zero-order valence-corrected chi connectivity index (χ0v) is 11.8. The highest BCUT2D eigenvalue weighted by Gasteiger charge is 2.19. The Kier molecular flexibility index (Phi) is 3.87. The zero-order chi connectivity index (χ0) is 14.8. The topological polar surface area (TPSA) is 94.0 Å². The van der Waals surface area contributed by atoms with Crippen molar-refractivity contribution in [3.63, 3.8) is 0 Å². The molecule has 2 aromatic heterocycles. The molecule has 2 rings (SSSR count). The number of nitrogens with zero attached hydrogens (tertiary/aromatic N) is 4. The lowest BCUT2D eigenvalue weighted by molar-refractivity contribution is -0.136. The van der Waals surface area contributed by atoms with Gasteiger partial charge >= 0.3 is 5.97 Å². The minimum Gasteiger partial charge on any atom is -0.481 e. The highest BCUT2D eigenvalue weighted by Crippen LogP contribution is 2.22. The summed E-state index contributed by atoms with van der Waals surface area (Å²) < 4.78 is 7.26. The van der Waals surface area contributed by atoms with Crippen molar-refractivity contribution < 1.29 is 14.3 Å². The van der Waals surface area contributed by atoms with Gasteiger partial charge < -0.3 is 9.52 Å². The van der Waals surface area contributed by atoms with Gasteiger partial charge in [-0.15, -0.1) is 5.10 Å². The molecule has 20 heavy (non-hydrogen) atoms. The normalized spacial score (nSPS) is 11.8. The third-order valence-corrected chi connectivity index (χ3v) is 2.77. The molecule has 0 radical (unpaired) electrons. The van der Waals surface area contributed by atoms with Gasteiger partial charge in [-0.25, -0.2) is 9.67 Å². The lowest BCUT2D eigenvalue weighted by Crippen LogP contribution is -2.09. The molecule has 0 amide bonds. The monoisotopic (exact) mass is 278 g/mol. The van der Waals surface area contributed by atoms with Crippen molar-refractivity contribution >= 4 is 5.97 Å². The fraction of sp³-hybridized carbons (Fsp3) is 0.538. The van der Waals surface area contributed by atoms with E-state index in [0.29, 0.717) is 24.6 Å². The van der Waals surface area contributed by atoms with Crippen molar-refractivity contribution in [1.29, 1.82) is 0 Å². The molecule has 0 aliphatic heterocycles. The van der Waals surface area contributed by atoms with Gasteiger partial charge in [0, 0.05) is 18.0 Å². The van der Waals surface area contributed by atoms with E-state index in [1.54, 1.807) is 17.1 Å². The van der Waals surface area contributed by atoms with E-state index in [-0.39, 0.29) is 11.8 Å². The van der Waals surface area contributed by atoms with Crippen LogP contribution in [0.2, 0.25) is 0 Å².